The van der Waals surface area contributed by atoms with Gasteiger partial charge >= 0.3 is 0 Å². The van der Waals surface area contributed by atoms with E-state index in [9.17, 15) is 9.59 Å². The van der Waals surface area contributed by atoms with Crippen molar-refractivity contribution < 1.29 is 28.5 Å². The second kappa shape index (κ2) is 16.7. The van der Waals surface area contributed by atoms with E-state index in [1.807, 2.05) is 13.8 Å². The van der Waals surface area contributed by atoms with Crippen molar-refractivity contribution in [2.24, 2.45) is 11.8 Å². The van der Waals surface area contributed by atoms with Gasteiger partial charge in [0.2, 0.25) is 5.91 Å². The van der Waals surface area contributed by atoms with E-state index < -0.39 is 0 Å². The molecule has 0 aromatic rings. The van der Waals surface area contributed by atoms with Gasteiger partial charge in [-0.2, -0.15) is 0 Å². The molecule has 1 aliphatic rings. The fourth-order valence-corrected chi connectivity index (χ4v) is 3.39. The lowest BCUT2D eigenvalue weighted by atomic mass is 9.79. The maximum atomic E-state index is 12.3. The Balaban J connectivity index is 1.94. The molecule has 0 heterocycles. The highest BCUT2D eigenvalue weighted by Gasteiger charge is 2.28. The zero-order valence-corrected chi connectivity index (χ0v) is 18.6. The van der Waals surface area contributed by atoms with Crippen molar-refractivity contribution in [1.82, 2.24) is 5.32 Å². The lowest BCUT2D eigenvalue weighted by Crippen LogP contribution is -2.39. The second-order valence-corrected chi connectivity index (χ2v) is 7.61. The Bertz CT molecular complexity index is 437. The van der Waals surface area contributed by atoms with Crippen LogP contribution in [0.4, 0.5) is 0 Å². The molecule has 1 atom stereocenters. The average molecular weight is 416 g/mol. The molecular formula is C22H41NO6. The molecule has 0 saturated heterocycles. The monoisotopic (exact) mass is 415 g/mol. The molecule has 1 rings (SSSR count). The number of nitrogens with one attached hydrogen (secondary N) is 1. The third-order valence-electron chi connectivity index (χ3n) is 5.39. The topological polar surface area (TPSA) is 83.1 Å². The number of ether oxygens (including phenoxy) is 4. The predicted octanol–water partition coefficient (Wildman–Crippen LogP) is 2.75. The average Bonchev–Trinajstić information content (AvgIpc) is 2.74. The van der Waals surface area contributed by atoms with Gasteiger partial charge in [0.15, 0.2) is 0 Å². The highest BCUT2D eigenvalue weighted by atomic mass is 16.6. The molecule has 0 spiro atoms. The van der Waals surface area contributed by atoms with Gasteiger partial charge in [0.25, 0.3) is 0 Å². The molecule has 1 amide bonds. The van der Waals surface area contributed by atoms with Crippen molar-refractivity contribution in [2.75, 3.05) is 52.9 Å². The van der Waals surface area contributed by atoms with E-state index in [1.54, 1.807) is 0 Å². The van der Waals surface area contributed by atoms with Crippen molar-refractivity contribution in [1.29, 1.82) is 0 Å². The Labute approximate surface area is 176 Å². The van der Waals surface area contributed by atoms with Gasteiger partial charge in [-0.05, 0) is 39.0 Å². The van der Waals surface area contributed by atoms with E-state index in [-0.39, 0.29) is 23.8 Å². The van der Waals surface area contributed by atoms with Gasteiger partial charge in [-0.3, -0.25) is 9.59 Å². The first kappa shape index (κ1) is 26.0. The molecule has 1 aliphatic carbocycles. The van der Waals surface area contributed by atoms with E-state index in [2.05, 4.69) is 12.2 Å². The molecule has 0 aromatic heterocycles. The fraction of sp³-hybridized carbons (Fsp3) is 0.909. The normalized spacial score (nSPS) is 20.4. The molecule has 29 heavy (non-hydrogen) atoms. The molecule has 0 aromatic carbocycles. The third kappa shape index (κ3) is 12.3. The second-order valence-electron chi connectivity index (χ2n) is 7.61. The van der Waals surface area contributed by atoms with Crippen LogP contribution in [0.5, 0.6) is 0 Å². The summed E-state index contributed by atoms with van der Waals surface area (Å²) in [6.07, 6.45) is 4.81. The number of carbonyl (C=O) groups excluding carboxylic acids is 2. The zero-order chi connectivity index (χ0) is 21.3. The molecule has 1 fully saturated rings. The third-order valence-corrected chi connectivity index (χ3v) is 5.39. The minimum Gasteiger partial charge on any atom is -0.379 e. The first-order valence-corrected chi connectivity index (χ1v) is 11.2. The van der Waals surface area contributed by atoms with Crippen LogP contribution >= 0.6 is 0 Å². The van der Waals surface area contributed by atoms with Crippen LogP contribution in [0.25, 0.3) is 0 Å². The van der Waals surface area contributed by atoms with Crippen molar-refractivity contribution in [3.05, 3.63) is 0 Å². The Morgan fingerprint density at radius 3 is 1.86 bits per heavy atom. The lowest BCUT2D eigenvalue weighted by molar-refractivity contribution is -0.127. The minimum atomic E-state index is 0.0188. The van der Waals surface area contributed by atoms with Crippen LogP contribution in [-0.4, -0.2) is 70.6 Å². The van der Waals surface area contributed by atoms with Crippen LogP contribution in [-0.2, 0) is 28.5 Å². The van der Waals surface area contributed by atoms with Gasteiger partial charge in [0.1, 0.15) is 5.78 Å². The molecule has 7 heteroatoms. The Morgan fingerprint density at radius 1 is 0.828 bits per heavy atom. The van der Waals surface area contributed by atoms with Gasteiger partial charge < -0.3 is 24.3 Å². The summed E-state index contributed by atoms with van der Waals surface area (Å²) in [5, 5.41) is 3.07. The molecular weight excluding hydrogens is 374 g/mol. The van der Waals surface area contributed by atoms with Crippen LogP contribution < -0.4 is 5.32 Å². The standard InChI is InChI=1S/C22H41NO6/c1-4-18(3)22(25)19-6-8-20(9-7-19)23-21(24)10-11-27-14-15-29-17-16-28-13-12-26-5-2/h18-20H,4-17H2,1-3H3,(H,23,24). The maximum absolute atomic E-state index is 12.3. The van der Waals surface area contributed by atoms with Gasteiger partial charge in [0.05, 0.1) is 46.2 Å². The summed E-state index contributed by atoms with van der Waals surface area (Å²) in [7, 11) is 0. The number of amides is 1. The van der Waals surface area contributed by atoms with Gasteiger partial charge in [-0.25, -0.2) is 0 Å². The highest BCUT2D eigenvalue weighted by Crippen LogP contribution is 2.28. The van der Waals surface area contributed by atoms with Crippen LogP contribution in [0, 0.1) is 11.8 Å². The summed E-state index contributed by atoms with van der Waals surface area (Å²) in [5.74, 6) is 0.743. The number of carbonyl (C=O) groups is 2. The summed E-state index contributed by atoms with van der Waals surface area (Å²) >= 11 is 0. The predicted molar refractivity (Wildman–Crippen MR) is 112 cm³/mol. The number of hydrogen-bond acceptors (Lipinski definition) is 6. The smallest absolute Gasteiger partial charge is 0.222 e. The molecule has 1 N–H and O–H groups in total. The van der Waals surface area contributed by atoms with Crippen molar-refractivity contribution >= 4 is 11.7 Å². The summed E-state index contributed by atoms with van der Waals surface area (Å²) in [4.78, 5) is 24.3. The summed E-state index contributed by atoms with van der Waals surface area (Å²) < 4.78 is 21.4. The van der Waals surface area contributed by atoms with Crippen molar-refractivity contribution in [3.63, 3.8) is 0 Å². The van der Waals surface area contributed by atoms with Crippen LogP contribution in [0.1, 0.15) is 59.3 Å². The number of ketones is 1. The maximum Gasteiger partial charge on any atom is 0.222 e. The minimum absolute atomic E-state index is 0.0188. The number of Topliss-reactive ketones (excluding diaryl/α,β-unsaturated/α-hetero) is 1. The van der Waals surface area contributed by atoms with Gasteiger partial charge in [0, 0.05) is 30.9 Å². The summed E-state index contributed by atoms with van der Waals surface area (Å²) in [5.41, 5.74) is 0. The van der Waals surface area contributed by atoms with E-state index in [1.165, 1.54) is 0 Å². The Kier molecular flexibility index (Phi) is 15.0. The SMILES string of the molecule is CCOCCOCCOCCOCCC(=O)NC1CCC(C(=O)C(C)CC)CC1. The quantitative estimate of drug-likeness (QED) is 0.368. The Hall–Kier alpha value is -1.02. The largest absolute Gasteiger partial charge is 0.379 e. The van der Waals surface area contributed by atoms with Crippen molar-refractivity contribution in [3.8, 4) is 0 Å². The molecule has 1 saturated carbocycles. The van der Waals surface area contributed by atoms with E-state index in [0.29, 0.717) is 65.1 Å². The Morgan fingerprint density at radius 2 is 1.34 bits per heavy atom. The van der Waals surface area contributed by atoms with Crippen LogP contribution in [0.15, 0.2) is 0 Å². The molecule has 170 valence electrons. The molecule has 0 bridgehead atoms. The highest BCUT2D eigenvalue weighted by molar-refractivity contribution is 5.83. The zero-order valence-electron chi connectivity index (χ0n) is 18.6. The van der Waals surface area contributed by atoms with Gasteiger partial charge in [-0.1, -0.05) is 13.8 Å². The van der Waals surface area contributed by atoms with E-state index in [0.717, 1.165) is 32.1 Å². The van der Waals surface area contributed by atoms with Gasteiger partial charge in [-0.15, -0.1) is 0 Å². The summed E-state index contributed by atoms with van der Waals surface area (Å²) in [6, 6.07) is 0.189. The number of hydrogen-bond donors (Lipinski definition) is 1. The first-order valence-electron chi connectivity index (χ1n) is 11.2. The van der Waals surface area contributed by atoms with Crippen molar-refractivity contribution in [2.45, 2.75) is 65.3 Å². The van der Waals surface area contributed by atoms with E-state index >= 15 is 0 Å². The molecule has 1 unspecified atom stereocenters. The molecule has 0 radical (unpaired) electrons. The molecule has 0 aliphatic heterocycles. The number of rotatable bonds is 17. The van der Waals surface area contributed by atoms with Crippen LogP contribution in [0.3, 0.4) is 0 Å². The lowest BCUT2D eigenvalue weighted by Gasteiger charge is -2.29. The van der Waals surface area contributed by atoms with Crippen LogP contribution in [0.2, 0.25) is 0 Å². The summed E-state index contributed by atoms with van der Waals surface area (Å²) in [6.45, 7) is 10.3. The first-order chi connectivity index (χ1) is 14.1. The van der Waals surface area contributed by atoms with E-state index in [4.69, 9.17) is 18.9 Å². The molecule has 7 nitrogen and oxygen atoms in total. The fourth-order valence-electron chi connectivity index (χ4n) is 3.39.